The van der Waals surface area contributed by atoms with Crippen LogP contribution in [-0.2, 0) is 60.2 Å². The molecule has 0 bridgehead atoms. The van der Waals surface area contributed by atoms with Gasteiger partial charge in [0.15, 0.2) is 0 Å². The molecule has 3 aromatic carbocycles. The van der Waals surface area contributed by atoms with E-state index in [9.17, 15) is 56.6 Å². The van der Waals surface area contributed by atoms with Crippen molar-refractivity contribution in [3.05, 3.63) is 200 Å². The number of benzene rings is 3. The van der Waals surface area contributed by atoms with Gasteiger partial charge in [-0.25, -0.2) is 23.5 Å². The molecular weight excluding hydrogens is 1430 g/mol. The maximum Gasteiger partial charge on any atom is 0.472 e. The topological polar surface area (TPSA) is 383 Å². The summed E-state index contributed by atoms with van der Waals surface area (Å²) in [6.07, 6.45) is -8.17. The van der Waals surface area contributed by atoms with Gasteiger partial charge < -0.3 is 43.3 Å². The lowest BCUT2D eigenvalue weighted by molar-refractivity contribution is -0.0843. The Kier molecular flexibility index (Phi) is 30.8. The highest BCUT2D eigenvalue weighted by Gasteiger charge is 2.56. The standard InChI is InChI=1S/C58H72N6O22P2SSi.2C6H15N/c1-35-22-24-39(25-23-35)89(76,77)79-26-16-10-15-21-42(51-45(29-50(82-51)64-32-38(4)54(68)61-57(64)71)86-90(58(5,6)7,40-17-11-8-12-18-40)41-19-13-9-14-20-41)83-88(74,75)85-44-28-49(63-31-37(3)53(67)60-56(63)70)81-47(44)34-78-87(72,73)84-43-27-48(80-46(43)33-65)62-30-36(2)52(66)59-55(62)69;2*1-4-7(5-2)6-3/h8-15,17-20,22-25,30-32,42-51,65H,16,21,26-29,33-34H2,1-7H3,(H,72,73)(H,74,75)(H,59,66,69)(H,60,67,70)(H,61,68,71);2*4-6H2,1-3H3/b15-10+;;/t42-,43-,44-,45-,46+,47+,48+,49+,50+,51+;;/m0../s1. The minimum atomic E-state index is -5.56. The molecule has 6 aromatic rings. The van der Waals surface area contributed by atoms with Gasteiger partial charge in [-0.2, -0.15) is 8.42 Å². The lowest BCUT2D eigenvalue weighted by atomic mass is 10.0. The molecule has 3 fully saturated rings. The number of rotatable bonds is 31. The number of nitrogens with zero attached hydrogens (tertiary/aromatic N) is 5. The van der Waals surface area contributed by atoms with Crippen LogP contribution < -0.4 is 44.1 Å². The highest BCUT2D eigenvalue weighted by Crippen LogP contribution is 2.54. The lowest BCUT2D eigenvalue weighted by Gasteiger charge is -2.45. The summed E-state index contributed by atoms with van der Waals surface area (Å²) >= 11 is 0. The van der Waals surface area contributed by atoms with Gasteiger partial charge in [-0.05, 0) is 107 Å². The smallest absolute Gasteiger partial charge is 0.402 e. The molecule has 2 unspecified atom stereocenters. The molecule has 574 valence electrons. The van der Waals surface area contributed by atoms with Crippen LogP contribution in [0.15, 0.2) is 149 Å². The van der Waals surface area contributed by atoms with E-state index in [1.165, 1.54) is 101 Å². The second-order valence-electron chi connectivity index (χ2n) is 26.4. The molecule has 34 heteroatoms. The summed E-state index contributed by atoms with van der Waals surface area (Å²) in [5, 5.41) is 11.2. The SMILES string of the molecule is CCN(CC)CC.CCN(CC)CC.Cc1ccc(S(=O)(=O)OCC/C=C/C[C@H](OP(=O)(O)O[C@H]2C[C@H](n3cc(C)c(=O)[nH]c3=O)O[C@@H]2COP(=O)(O)O[C@H]2C[C@H](n3cc(C)c(=O)[nH]c3=O)O[C@@H]2CO)[C@H]2O[C@@H](n3cc(C)c(=O)[nH]c3=O)C[C@@H]2O[Si](c2ccccc2)(c2ccccc2)C(C)(C)C)cc1. The molecule has 3 saturated heterocycles. The zero-order chi connectivity index (χ0) is 76.5. The third kappa shape index (κ3) is 22.1. The van der Waals surface area contributed by atoms with Gasteiger partial charge in [-0.1, -0.05) is 153 Å². The maximum atomic E-state index is 15.1. The molecule has 0 amide bonds. The summed E-state index contributed by atoms with van der Waals surface area (Å²) < 4.78 is 113. The van der Waals surface area contributed by atoms with E-state index in [-0.39, 0.29) is 53.9 Å². The van der Waals surface area contributed by atoms with Crippen LogP contribution in [0.4, 0.5) is 0 Å². The van der Waals surface area contributed by atoms with Crippen LogP contribution in [0.5, 0.6) is 0 Å². The number of hydrogen-bond donors (Lipinski definition) is 6. The van der Waals surface area contributed by atoms with Crippen molar-refractivity contribution in [3.8, 4) is 0 Å². The highest BCUT2D eigenvalue weighted by atomic mass is 32.2. The Morgan fingerprint density at radius 1 is 0.596 bits per heavy atom. The van der Waals surface area contributed by atoms with Crippen molar-refractivity contribution >= 4 is 44.5 Å². The fraction of sp³-hybridized carbons (Fsp3) is 0.543. The minimum absolute atomic E-state index is 0.00159. The van der Waals surface area contributed by atoms with Crippen molar-refractivity contribution in [2.45, 2.75) is 193 Å². The van der Waals surface area contributed by atoms with E-state index in [1.54, 1.807) is 25.1 Å². The van der Waals surface area contributed by atoms with Gasteiger partial charge in [0.05, 0.1) is 30.8 Å². The van der Waals surface area contributed by atoms with E-state index in [2.05, 4.69) is 66.3 Å². The van der Waals surface area contributed by atoms with E-state index < -0.39 is 154 Å². The molecule has 3 aliphatic heterocycles. The van der Waals surface area contributed by atoms with Gasteiger partial charge in [0, 0.05) is 54.5 Å². The normalized spacial score (nSPS) is 22.2. The summed E-state index contributed by atoms with van der Waals surface area (Å²) in [7, 11) is -18.6. The average Bonchev–Trinajstić information content (AvgIpc) is 1.18. The Bertz CT molecular complexity index is 4330. The fourth-order valence-electron chi connectivity index (χ4n) is 12.5. The van der Waals surface area contributed by atoms with Crippen molar-refractivity contribution in [2.24, 2.45) is 0 Å². The Morgan fingerprint density at radius 3 is 1.43 bits per heavy atom. The summed E-state index contributed by atoms with van der Waals surface area (Å²) in [4.78, 5) is 112. The Labute approximate surface area is 606 Å². The number of aryl methyl sites for hydroxylation is 4. The first-order valence-corrected chi connectivity index (χ1v) is 41.2. The number of phosphoric ester groups is 2. The Morgan fingerprint density at radius 2 is 1.01 bits per heavy atom. The largest absolute Gasteiger partial charge is 0.472 e. The number of phosphoric acid groups is 2. The van der Waals surface area contributed by atoms with Crippen LogP contribution in [0.2, 0.25) is 5.04 Å². The number of hydrogen-bond acceptors (Lipinski definition) is 22. The van der Waals surface area contributed by atoms with Gasteiger partial charge in [-0.15, -0.1) is 0 Å². The third-order valence-corrected chi connectivity index (χ3v) is 26.9. The number of aromatic nitrogens is 6. The van der Waals surface area contributed by atoms with Gasteiger partial charge in [-0.3, -0.25) is 65.3 Å². The van der Waals surface area contributed by atoms with Crippen LogP contribution >= 0.6 is 15.6 Å². The molecule has 6 N–H and O–H groups in total. The summed E-state index contributed by atoms with van der Waals surface area (Å²) in [5.41, 5.74) is -3.48. The highest BCUT2D eigenvalue weighted by molar-refractivity contribution is 7.86. The number of aliphatic hydroxyl groups is 1. The first-order chi connectivity index (χ1) is 49.2. The van der Waals surface area contributed by atoms with Gasteiger partial charge in [0.2, 0.25) is 0 Å². The van der Waals surface area contributed by atoms with Crippen LogP contribution in [0, 0.1) is 27.7 Å². The van der Waals surface area contributed by atoms with Gasteiger partial charge >= 0.3 is 32.7 Å². The second-order valence-corrected chi connectivity index (χ2v) is 35.1. The van der Waals surface area contributed by atoms with E-state index in [0.717, 1.165) is 25.1 Å². The van der Waals surface area contributed by atoms with Crippen LogP contribution in [0.1, 0.15) is 135 Å². The van der Waals surface area contributed by atoms with Gasteiger partial charge in [0.1, 0.15) is 55.3 Å². The molecule has 3 aliphatic rings. The quantitative estimate of drug-likeness (QED) is 0.00891. The van der Waals surface area contributed by atoms with E-state index in [0.29, 0.717) is 0 Å². The lowest BCUT2D eigenvalue weighted by Crippen LogP contribution is -2.68. The van der Waals surface area contributed by atoms with E-state index in [1.807, 2.05) is 81.4 Å². The third-order valence-electron chi connectivity index (χ3n) is 18.4. The first kappa shape index (κ1) is 84.8. The molecule has 9 rings (SSSR count). The maximum absolute atomic E-state index is 15.1. The predicted molar refractivity (Wildman–Crippen MR) is 393 cm³/mol. The van der Waals surface area contributed by atoms with Crippen molar-refractivity contribution < 1.29 is 73.4 Å². The molecule has 12 atom stereocenters. The molecule has 0 aliphatic carbocycles. The summed E-state index contributed by atoms with van der Waals surface area (Å²) in [6, 6.07) is 25.1. The zero-order valence-electron chi connectivity index (χ0n) is 61.3. The van der Waals surface area contributed by atoms with E-state index >= 15 is 4.57 Å². The van der Waals surface area contributed by atoms with Crippen molar-refractivity contribution in [2.75, 3.05) is 59.1 Å². The fourth-order valence-corrected chi connectivity index (χ4v) is 20.3. The molecule has 0 saturated carbocycles. The number of aliphatic hydroxyl groups excluding tert-OH is 1. The van der Waals surface area contributed by atoms with Crippen LogP contribution in [-0.4, -0.2) is 172 Å². The molecular formula is C70H102N8O22P2SSi. The molecule has 6 heterocycles. The number of nitrogens with one attached hydrogen (secondary N) is 3. The average molecular weight is 1530 g/mol. The van der Waals surface area contributed by atoms with E-state index in [4.69, 9.17) is 40.9 Å². The second kappa shape index (κ2) is 37.8. The zero-order valence-corrected chi connectivity index (χ0v) is 64.9. The Hall–Kier alpha value is -6.49. The van der Waals surface area contributed by atoms with Crippen molar-refractivity contribution in [1.82, 2.24) is 38.5 Å². The van der Waals surface area contributed by atoms with Gasteiger partial charge in [0.25, 0.3) is 35.1 Å². The summed E-state index contributed by atoms with van der Waals surface area (Å²) in [5.74, 6) is 0. The number of H-pyrrole nitrogens is 3. The molecule has 104 heavy (non-hydrogen) atoms. The Balaban J connectivity index is 0.000000980. The number of aromatic amines is 3. The summed E-state index contributed by atoms with van der Waals surface area (Å²) in [6.45, 7) is 30.4. The van der Waals surface area contributed by atoms with Crippen LogP contribution in [0.3, 0.4) is 0 Å². The van der Waals surface area contributed by atoms with Crippen LogP contribution in [0.25, 0.3) is 0 Å². The monoisotopic (exact) mass is 1530 g/mol. The molecule has 0 radical (unpaired) electrons. The molecule has 0 spiro atoms. The van der Waals surface area contributed by atoms with Crippen molar-refractivity contribution in [1.29, 1.82) is 0 Å². The first-order valence-electron chi connectivity index (χ1n) is 34.9. The molecule has 3 aromatic heterocycles. The number of ether oxygens (including phenoxy) is 3. The molecule has 30 nitrogen and oxygen atoms in total. The van der Waals surface area contributed by atoms with Crippen molar-refractivity contribution in [3.63, 3.8) is 0 Å². The minimum Gasteiger partial charge on any atom is -0.402 e. The predicted octanol–water partition coefficient (Wildman–Crippen LogP) is 6.48.